The maximum atomic E-state index is 14.4. The lowest BCUT2D eigenvalue weighted by Crippen LogP contribution is -2.10. The number of terminal acetylenes is 1. The van der Waals surface area contributed by atoms with Crippen LogP contribution in [0.25, 0.3) is 11.1 Å². The van der Waals surface area contributed by atoms with Crippen molar-refractivity contribution in [3.05, 3.63) is 46.5 Å². The highest BCUT2D eigenvalue weighted by Gasteiger charge is 2.34. The summed E-state index contributed by atoms with van der Waals surface area (Å²) in [6, 6.07) is 0. The van der Waals surface area contributed by atoms with Gasteiger partial charge in [0.1, 0.15) is 0 Å². The third kappa shape index (κ3) is 4.15. The Balaban J connectivity index is 2.62. The number of halogens is 8. The number of hydrogen-bond donors (Lipinski definition) is 0. The maximum absolute atomic E-state index is 14.4. The van der Waals surface area contributed by atoms with Gasteiger partial charge in [-0.05, 0) is 19.1 Å². The fourth-order valence-corrected chi connectivity index (χ4v) is 3.01. The van der Waals surface area contributed by atoms with Gasteiger partial charge in [-0.1, -0.05) is 0 Å². The Morgan fingerprint density at radius 3 is 1.59 bits per heavy atom. The number of benzene rings is 2. The molecule has 0 saturated heterocycles. The normalized spacial score (nSPS) is 10.9. The van der Waals surface area contributed by atoms with E-state index in [1.54, 1.807) is 0 Å². The zero-order valence-electron chi connectivity index (χ0n) is 14.7. The SMILES string of the molecule is C#CCCCCOc1c(F)c(F)c(-c2c(F)c(F)c(SC)c(F)c2F)c(F)c1F. The van der Waals surface area contributed by atoms with Crippen molar-refractivity contribution in [2.75, 3.05) is 12.9 Å². The summed E-state index contributed by atoms with van der Waals surface area (Å²) >= 11 is 0.288. The molecule has 0 aliphatic carbocycles. The van der Waals surface area contributed by atoms with Crippen LogP contribution >= 0.6 is 11.8 Å². The Hall–Kier alpha value is -2.41. The van der Waals surface area contributed by atoms with Gasteiger partial charge in [0.05, 0.1) is 22.6 Å². The van der Waals surface area contributed by atoms with Gasteiger partial charge >= 0.3 is 0 Å². The molecule has 0 atom stereocenters. The first kappa shape index (κ1) is 22.9. The van der Waals surface area contributed by atoms with Gasteiger partial charge < -0.3 is 4.74 Å². The quantitative estimate of drug-likeness (QED) is 0.163. The first-order valence-electron chi connectivity index (χ1n) is 8.01. The van der Waals surface area contributed by atoms with Gasteiger partial charge in [-0.3, -0.25) is 0 Å². The first-order valence-corrected chi connectivity index (χ1v) is 9.23. The Kier molecular flexibility index (Phi) is 7.41. The Morgan fingerprint density at radius 1 is 0.724 bits per heavy atom. The summed E-state index contributed by atoms with van der Waals surface area (Å²) < 4.78 is 118. The summed E-state index contributed by atoms with van der Waals surface area (Å²) in [5, 5.41) is 0. The summed E-state index contributed by atoms with van der Waals surface area (Å²) in [6.45, 7) is -0.359. The molecule has 0 aliphatic heterocycles. The predicted molar refractivity (Wildman–Crippen MR) is 91.5 cm³/mol. The molecule has 156 valence electrons. The van der Waals surface area contributed by atoms with E-state index in [2.05, 4.69) is 10.7 Å². The van der Waals surface area contributed by atoms with Gasteiger partial charge in [-0.15, -0.1) is 24.1 Å². The lowest BCUT2D eigenvalue weighted by Gasteiger charge is -2.15. The van der Waals surface area contributed by atoms with E-state index in [1.807, 2.05) is 0 Å². The molecule has 10 heteroatoms. The summed E-state index contributed by atoms with van der Waals surface area (Å²) in [5.74, 6) is -16.2. The van der Waals surface area contributed by atoms with Crippen LogP contribution < -0.4 is 4.74 Å². The smallest absolute Gasteiger partial charge is 0.204 e. The molecule has 0 spiro atoms. The average molecular weight is 440 g/mol. The lowest BCUT2D eigenvalue weighted by atomic mass is 10.0. The summed E-state index contributed by atoms with van der Waals surface area (Å²) in [4.78, 5) is -1.10. The monoisotopic (exact) mass is 440 g/mol. The average Bonchev–Trinajstić information content (AvgIpc) is 2.70. The van der Waals surface area contributed by atoms with Gasteiger partial charge in [0.15, 0.2) is 40.7 Å². The predicted octanol–water partition coefficient (Wildman–Crippen LogP) is 6.37. The Labute approximate surface area is 165 Å². The minimum Gasteiger partial charge on any atom is -0.487 e. The maximum Gasteiger partial charge on any atom is 0.204 e. The molecule has 2 aromatic carbocycles. The molecule has 29 heavy (non-hydrogen) atoms. The highest BCUT2D eigenvalue weighted by Crippen LogP contribution is 2.41. The molecule has 0 aliphatic rings. The third-order valence-corrected chi connectivity index (χ3v) is 4.63. The van der Waals surface area contributed by atoms with Crippen LogP contribution in [0.4, 0.5) is 35.1 Å². The van der Waals surface area contributed by atoms with E-state index in [0.29, 0.717) is 12.8 Å². The molecule has 0 aromatic heterocycles. The number of ether oxygens (including phenoxy) is 1. The number of hydrogen-bond acceptors (Lipinski definition) is 2. The van der Waals surface area contributed by atoms with Crippen LogP contribution in [0.5, 0.6) is 5.75 Å². The van der Waals surface area contributed by atoms with Gasteiger partial charge in [-0.25, -0.2) is 26.3 Å². The van der Waals surface area contributed by atoms with Crippen molar-refractivity contribution in [3.8, 4) is 29.2 Å². The molecule has 0 N–H and O–H groups in total. The molecular weight excluding hydrogens is 428 g/mol. The largest absolute Gasteiger partial charge is 0.487 e. The zero-order chi connectivity index (χ0) is 21.9. The van der Waals surface area contributed by atoms with Gasteiger partial charge in [0.25, 0.3) is 0 Å². The highest BCUT2D eigenvalue weighted by molar-refractivity contribution is 7.98. The van der Waals surface area contributed by atoms with Crippen molar-refractivity contribution in [1.29, 1.82) is 0 Å². The summed E-state index contributed by atoms with van der Waals surface area (Å²) in [5.41, 5.74) is -3.84. The third-order valence-electron chi connectivity index (χ3n) is 3.86. The summed E-state index contributed by atoms with van der Waals surface area (Å²) in [7, 11) is 0. The fourth-order valence-electron chi connectivity index (χ4n) is 2.47. The van der Waals surface area contributed by atoms with E-state index in [9.17, 15) is 35.1 Å². The van der Waals surface area contributed by atoms with E-state index in [0.717, 1.165) is 6.26 Å². The topological polar surface area (TPSA) is 9.23 Å². The van der Waals surface area contributed by atoms with Crippen LogP contribution in [0.1, 0.15) is 19.3 Å². The van der Waals surface area contributed by atoms with E-state index in [-0.39, 0.29) is 24.8 Å². The van der Waals surface area contributed by atoms with Crippen LogP contribution in [0.15, 0.2) is 4.90 Å². The zero-order valence-corrected chi connectivity index (χ0v) is 15.6. The molecular formula is C19H12F8OS. The molecule has 0 amide bonds. The minimum absolute atomic E-state index is 0.198. The molecule has 0 heterocycles. The second-order valence-corrected chi connectivity index (χ2v) is 6.45. The first-order chi connectivity index (χ1) is 13.7. The van der Waals surface area contributed by atoms with Crippen molar-refractivity contribution < 1.29 is 39.9 Å². The van der Waals surface area contributed by atoms with Crippen molar-refractivity contribution in [1.82, 2.24) is 0 Å². The summed E-state index contributed by atoms with van der Waals surface area (Å²) in [6.07, 6.45) is 7.04. The van der Waals surface area contributed by atoms with Gasteiger partial charge in [-0.2, -0.15) is 8.78 Å². The van der Waals surface area contributed by atoms with Crippen LogP contribution in [0.3, 0.4) is 0 Å². The second-order valence-electron chi connectivity index (χ2n) is 5.63. The molecule has 0 unspecified atom stereocenters. The molecule has 0 saturated carbocycles. The van der Waals surface area contributed by atoms with Crippen molar-refractivity contribution in [2.24, 2.45) is 0 Å². The molecule has 2 aromatic rings. The highest BCUT2D eigenvalue weighted by atomic mass is 32.2. The fraction of sp³-hybridized carbons (Fsp3) is 0.263. The van der Waals surface area contributed by atoms with Crippen LogP contribution in [-0.4, -0.2) is 12.9 Å². The molecule has 1 nitrogen and oxygen atoms in total. The molecule has 0 bridgehead atoms. The molecule has 0 radical (unpaired) electrons. The number of thioether (sulfide) groups is 1. The molecule has 0 fully saturated rings. The van der Waals surface area contributed by atoms with Gasteiger partial charge in [0, 0.05) is 6.42 Å². The van der Waals surface area contributed by atoms with Crippen molar-refractivity contribution >= 4 is 11.8 Å². The Morgan fingerprint density at radius 2 is 1.17 bits per heavy atom. The number of unbranched alkanes of at least 4 members (excludes halogenated alkanes) is 2. The van der Waals surface area contributed by atoms with E-state index in [4.69, 9.17) is 6.42 Å². The lowest BCUT2D eigenvalue weighted by molar-refractivity contribution is 0.265. The Bertz CT molecular complexity index is 926. The molecule has 2 rings (SSSR count). The van der Waals surface area contributed by atoms with Crippen LogP contribution in [0.2, 0.25) is 0 Å². The van der Waals surface area contributed by atoms with Crippen LogP contribution in [-0.2, 0) is 0 Å². The van der Waals surface area contributed by atoms with E-state index in [1.165, 1.54) is 0 Å². The van der Waals surface area contributed by atoms with E-state index < -0.39 is 68.3 Å². The second kappa shape index (κ2) is 9.39. The standard InChI is InChI=1S/C19H12F8OS/c1-3-4-5-6-7-28-18-14(24)10(20)8(11(21)15(18)25)9-12(22)16(26)19(29-2)17(27)13(9)23/h1H,4-7H2,2H3. The van der Waals surface area contributed by atoms with Crippen molar-refractivity contribution in [3.63, 3.8) is 0 Å². The van der Waals surface area contributed by atoms with Gasteiger partial charge in [0.2, 0.25) is 11.6 Å². The minimum atomic E-state index is -2.27. The van der Waals surface area contributed by atoms with Crippen molar-refractivity contribution in [2.45, 2.75) is 24.2 Å². The van der Waals surface area contributed by atoms with E-state index >= 15 is 0 Å². The van der Waals surface area contributed by atoms with Crippen LogP contribution in [0, 0.1) is 58.9 Å². The number of rotatable bonds is 7.